The quantitative estimate of drug-likeness (QED) is 0.684. The average molecular weight is 248 g/mol. The third-order valence-electron chi connectivity index (χ3n) is 1.68. The topological polar surface area (TPSA) is 15.8 Å². The van der Waals surface area contributed by atoms with Gasteiger partial charge in [0.25, 0.3) is 0 Å². The molecule has 1 aromatic heterocycles. The molecule has 2 aromatic rings. The van der Waals surface area contributed by atoms with E-state index in [1.54, 1.807) is 18.3 Å². The van der Waals surface area contributed by atoms with Gasteiger partial charge in [0.2, 0.25) is 0 Å². The summed E-state index contributed by atoms with van der Waals surface area (Å²) in [7, 11) is 0. The summed E-state index contributed by atoms with van der Waals surface area (Å²) in [5, 5.41) is 0.925. The molecule has 0 atom stereocenters. The van der Waals surface area contributed by atoms with E-state index in [2.05, 4.69) is 20.9 Å². The van der Waals surface area contributed by atoms with E-state index in [-0.39, 0.29) is 5.02 Å². The number of halogens is 3. The van der Waals surface area contributed by atoms with Crippen molar-refractivity contribution in [2.75, 3.05) is 0 Å². The molecule has 0 radical (unpaired) electrons. The highest BCUT2D eigenvalue weighted by molar-refractivity contribution is 9.10. The van der Waals surface area contributed by atoms with Gasteiger partial charge in [0.05, 0.1) is 10.5 Å². The van der Waals surface area contributed by atoms with Gasteiger partial charge in [0.1, 0.15) is 0 Å². The number of H-pyrrole nitrogens is 1. The van der Waals surface area contributed by atoms with Crippen LogP contribution >= 0.6 is 27.5 Å². The second kappa shape index (κ2) is 2.75. The lowest BCUT2D eigenvalue weighted by molar-refractivity contribution is 0.637. The molecule has 1 nitrogen and oxygen atoms in total. The van der Waals surface area contributed by atoms with Crippen LogP contribution in [0.25, 0.3) is 10.9 Å². The number of hydrogen-bond donors (Lipinski definition) is 1. The molecule has 0 amide bonds. The molecule has 0 saturated carbocycles. The number of nitrogens with one attached hydrogen (secondary N) is 1. The first kappa shape index (κ1) is 8.08. The van der Waals surface area contributed by atoms with Crippen LogP contribution in [-0.4, -0.2) is 4.98 Å². The van der Waals surface area contributed by atoms with E-state index in [9.17, 15) is 4.39 Å². The van der Waals surface area contributed by atoms with Crippen LogP contribution in [0.2, 0.25) is 5.02 Å². The number of aromatic amines is 1. The Labute approximate surface area is 81.7 Å². The predicted molar refractivity (Wildman–Crippen MR) is 51.0 cm³/mol. The molecule has 0 unspecified atom stereocenters. The van der Waals surface area contributed by atoms with E-state index in [1.165, 1.54) is 0 Å². The Morgan fingerprint density at radius 3 is 3.00 bits per heavy atom. The Morgan fingerprint density at radius 1 is 1.50 bits per heavy atom. The Bertz CT molecular complexity index is 438. The summed E-state index contributed by atoms with van der Waals surface area (Å²) in [5.41, 5.74) is 0.447. The minimum atomic E-state index is -0.411. The Balaban J connectivity index is 2.94. The molecule has 0 aliphatic rings. The van der Waals surface area contributed by atoms with Crippen molar-refractivity contribution in [1.29, 1.82) is 0 Å². The lowest BCUT2D eigenvalue weighted by Crippen LogP contribution is -1.81. The third-order valence-corrected chi connectivity index (χ3v) is 2.91. The summed E-state index contributed by atoms with van der Waals surface area (Å²) in [6, 6.07) is 3.57. The summed E-state index contributed by atoms with van der Waals surface area (Å²) in [4.78, 5) is 2.78. The lowest BCUT2D eigenvalue weighted by atomic mass is 10.2. The largest absolute Gasteiger partial charge is 0.359 e. The van der Waals surface area contributed by atoms with Crippen LogP contribution in [0.5, 0.6) is 0 Å². The molecule has 2 rings (SSSR count). The molecule has 0 bridgehead atoms. The van der Waals surface area contributed by atoms with Gasteiger partial charge in [-0.25, -0.2) is 4.39 Å². The molecule has 0 saturated heterocycles. The Kier molecular flexibility index (Phi) is 1.85. The van der Waals surface area contributed by atoms with Crippen LogP contribution in [0, 0.1) is 5.82 Å². The molecule has 0 aliphatic carbocycles. The van der Waals surface area contributed by atoms with Crippen molar-refractivity contribution in [2.24, 2.45) is 0 Å². The molecule has 1 heterocycles. The zero-order chi connectivity index (χ0) is 8.72. The Hall–Kier alpha value is -0.540. The highest BCUT2D eigenvalue weighted by Crippen LogP contribution is 2.31. The molecule has 4 heteroatoms. The highest BCUT2D eigenvalue weighted by Gasteiger charge is 2.09. The summed E-state index contributed by atoms with van der Waals surface area (Å²) >= 11 is 8.84. The molecular weight excluding hydrogens is 244 g/mol. The van der Waals surface area contributed by atoms with Crippen molar-refractivity contribution in [3.8, 4) is 0 Å². The van der Waals surface area contributed by atoms with Crippen LogP contribution in [0.1, 0.15) is 0 Å². The Morgan fingerprint density at radius 2 is 2.25 bits per heavy atom. The molecule has 62 valence electrons. The summed E-state index contributed by atoms with van der Waals surface area (Å²) in [5.74, 6) is -0.411. The number of rotatable bonds is 0. The highest BCUT2D eigenvalue weighted by atomic mass is 79.9. The van der Waals surface area contributed by atoms with E-state index in [1.807, 2.05) is 0 Å². The standard InChI is InChI=1S/C8H4BrClFN/c9-5-3-4-1-2-12-8(4)7(11)6(5)10/h1-3,12H. The van der Waals surface area contributed by atoms with Gasteiger partial charge in [-0.3, -0.25) is 0 Å². The fraction of sp³-hybridized carbons (Fsp3) is 0. The van der Waals surface area contributed by atoms with Crippen molar-refractivity contribution in [3.05, 3.63) is 33.6 Å². The summed E-state index contributed by atoms with van der Waals surface area (Å²) in [6.45, 7) is 0. The van der Waals surface area contributed by atoms with Gasteiger partial charge in [0.15, 0.2) is 5.82 Å². The van der Waals surface area contributed by atoms with Crippen molar-refractivity contribution in [3.63, 3.8) is 0 Å². The maximum Gasteiger partial charge on any atom is 0.166 e. The smallest absolute Gasteiger partial charge is 0.166 e. The first-order valence-electron chi connectivity index (χ1n) is 3.30. The van der Waals surface area contributed by atoms with E-state index in [0.717, 1.165) is 5.39 Å². The van der Waals surface area contributed by atoms with Crippen molar-refractivity contribution in [1.82, 2.24) is 4.98 Å². The van der Waals surface area contributed by atoms with Gasteiger partial charge >= 0.3 is 0 Å². The molecule has 12 heavy (non-hydrogen) atoms. The fourth-order valence-corrected chi connectivity index (χ4v) is 1.68. The van der Waals surface area contributed by atoms with Crippen LogP contribution < -0.4 is 0 Å². The molecular formula is C8H4BrClFN. The normalized spacial score (nSPS) is 10.9. The second-order valence-corrected chi connectivity index (χ2v) is 3.66. The van der Waals surface area contributed by atoms with Crippen molar-refractivity contribution < 1.29 is 4.39 Å². The van der Waals surface area contributed by atoms with Crippen LogP contribution in [0.15, 0.2) is 22.8 Å². The number of fused-ring (bicyclic) bond motifs is 1. The maximum atomic E-state index is 13.3. The average Bonchev–Trinajstić information content (AvgIpc) is 2.48. The fourth-order valence-electron chi connectivity index (χ4n) is 1.11. The molecule has 0 aliphatic heterocycles. The van der Waals surface area contributed by atoms with Gasteiger partial charge in [-0.1, -0.05) is 11.6 Å². The first-order chi connectivity index (χ1) is 5.70. The number of benzene rings is 1. The minimum Gasteiger partial charge on any atom is -0.359 e. The van der Waals surface area contributed by atoms with Crippen LogP contribution in [0.4, 0.5) is 4.39 Å². The molecule has 0 spiro atoms. The van der Waals surface area contributed by atoms with Gasteiger partial charge in [0, 0.05) is 16.1 Å². The molecule has 0 fully saturated rings. The van der Waals surface area contributed by atoms with Gasteiger partial charge in [-0.15, -0.1) is 0 Å². The number of hydrogen-bond acceptors (Lipinski definition) is 0. The molecule has 1 aromatic carbocycles. The molecule has 1 N–H and O–H groups in total. The van der Waals surface area contributed by atoms with E-state index >= 15 is 0 Å². The lowest BCUT2D eigenvalue weighted by Gasteiger charge is -1.98. The van der Waals surface area contributed by atoms with Crippen molar-refractivity contribution >= 4 is 38.4 Å². The second-order valence-electron chi connectivity index (χ2n) is 2.43. The van der Waals surface area contributed by atoms with Gasteiger partial charge < -0.3 is 4.98 Å². The van der Waals surface area contributed by atoms with E-state index in [0.29, 0.717) is 9.99 Å². The number of aromatic nitrogens is 1. The first-order valence-corrected chi connectivity index (χ1v) is 4.48. The summed E-state index contributed by atoms with van der Waals surface area (Å²) in [6.07, 6.45) is 1.68. The minimum absolute atomic E-state index is 0.116. The monoisotopic (exact) mass is 247 g/mol. The van der Waals surface area contributed by atoms with Gasteiger partial charge in [-0.2, -0.15) is 0 Å². The SMILES string of the molecule is Fc1c(Cl)c(Br)cc2cc[nH]c12. The van der Waals surface area contributed by atoms with E-state index < -0.39 is 5.82 Å². The zero-order valence-corrected chi connectivity index (χ0v) is 8.21. The predicted octanol–water partition coefficient (Wildman–Crippen LogP) is 3.72. The van der Waals surface area contributed by atoms with Crippen molar-refractivity contribution in [2.45, 2.75) is 0 Å². The maximum absolute atomic E-state index is 13.3. The van der Waals surface area contributed by atoms with Crippen LogP contribution in [0.3, 0.4) is 0 Å². The third kappa shape index (κ3) is 1.04. The van der Waals surface area contributed by atoms with Gasteiger partial charge in [-0.05, 0) is 28.1 Å². The van der Waals surface area contributed by atoms with E-state index in [4.69, 9.17) is 11.6 Å². The zero-order valence-electron chi connectivity index (χ0n) is 5.87. The summed E-state index contributed by atoms with van der Waals surface area (Å²) < 4.78 is 13.9. The van der Waals surface area contributed by atoms with Crippen LogP contribution in [-0.2, 0) is 0 Å².